The Morgan fingerprint density at radius 1 is 1.07 bits per heavy atom. The molecule has 0 aliphatic heterocycles. The minimum atomic E-state index is 0.0142. The maximum Gasteiger partial charge on any atom is 0.251 e. The van der Waals surface area contributed by atoms with E-state index in [1.54, 1.807) is 0 Å². The molecule has 0 radical (unpaired) electrons. The Kier molecular flexibility index (Phi) is 7.45. The lowest BCUT2D eigenvalue weighted by atomic mass is 10.1. The normalized spacial score (nSPS) is 12.2. The monoisotopic (exact) mass is 391 g/mol. The summed E-state index contributed by atoms with van der Waals surface area (Å²) in [5.41, 5.74) is 4.24. The zero-order valence-electron chi connectivity index (χ0n) is 17.9. The molecular weight excluding hydrogens is 358 g/mol. The van der Waals surface area contributed by atoms with Crippen molar-refractivity contribution in [3.05, 3.63) is 65.5 Å². The predicted octanol–water partition coefficient (Wildman–Crippen LogP) is 5.53. The van der Waals surface area contributed by atoms with Gasteiger partial charge in [0.25, 0.3) is 5.91 Å². The Morgan fingerprint density at radius 2 is 1.83 bits per heavy atom. The van der Waals surface area contributed by atoms with Gasteiger partial charge in [-0.1, -0.05) is 56.5 Å². The summed E-state index contributed by atoms with van der Waals surface area (Å²) in [5, 5.41) is 3.02. The molecule has 0 aliphatic carbocycles. The van der Waals surface area contributed by atoms with Crippen LogP contribution in [0, 0.1) is 12.8 Å². The van der Waals surface area contributed by atoms with Gasteiger partial charge in [-0.25, -0.2) is 4.98 Å². The quantitative estimate of drug-likeness (QED) is 0.462. The SMILES string of the molecule is CCC(C)Cn1c(CCCCCNC(=O)c2ccc(C)cc2)nc2ccccc21. The molecule has 0 fully saturated rings. The van der Waals surface area contributed by atoms with Crippen molar-refractivity contribution < 1.29 is 4.79 Å². The number of carbonyl (C=O) groups excluding carboxylic acids is 1. The number of nitrogens with zero attached hydrogens (tertiary/aromatic N) is 2. The van der Waals surface area contributed by atoms with Gasteiger partial charge in [-0.3, -0.25) is 4.79 Å². The second-order valence-corrected chi connectivity index (χ2v) is 8.07. The summed E-state index contributed by atoms with van der Waals surface area (Å²) in [4.78, 5) is 17.0. The molecule has 0 bridgehead atoms. The van der Waals surface area contributed by atoms with Crippen LogP contribution in [-0.4, -0.2) is 22.0 Å². The third-order valence-electron chi connectivity index (χ3n) is 5.60. The molecule has 1 unspecified atom stereocenters. The molecule has 29 heavy (non-hydrogen) atoms. The van der Waals surface area contributed by atoms with E-state index in [1.807, 2.05) is 31.2 Å². The van der Waals surface area contributed by atoms with Crippen LogP contribution in [0.4, 0.5) is 0 Å². The van der Waals surface area contributed by atoms with Gasteiger partial charge in [-0.2, -0.15) is 0 Å². The van der Waals surface area contributed by atoms with Gasteiger partial charge in [-0.05, 0) is 49.9 Å². The highest BCUT2D eigenvalue weighted by molar-refractivity contribution is 5.94. The first-order chi connectivity index (χ1) is 14.1. The second-order valence-electron chi connectivity index (χ2n) is 8.07. The van der Waals surface area contributed by atoms with E-state index in [0.29, 0.717) is 5.92 Å². The summed E-state index contributed by atoms with van der Waals surface area (Å²) in [5.74, 6) is 1.85. The topological polar surface area (TPSA) is 46.9 Å². The van der Waals surface area contributed by atoms with Crippen LogP contribution in [0.1, 0.15) is 61.3 Å². The summed E-state index contributed by atoms with van der Waals surface area (Å²) in [6.45, 7) is 8.32. The van der Waals surface area contributed by atoms with Crippen LogP contribution in [-0.2, 0) is 13.0 Å². The number of hydrogen-bond acceptors (Lipinski definition) is 2. The van der Waals surface area contributed by atoms with Gasteiger partial charge in [0.2, 0.25) is 0 Å². The van der Waals surface area contributed by atoms with Crippen molar-refractivity contribution in [1.82, 2.24) is 14.9 Å². The average molecular weight is 392 g/mol. The van der Waals surface area contributed by atoms with Crippen LogP contribution in [0.3, 0.4) is 0 Å². The first-order valence-corrected chi connectivity index (χ1v) is 10.9. The van der Waals surface area contributed by atoms with Crippen LogP contribution in [0.25, 0.3) is 11.0 Å². The summed E-state index contributed by atoms with van der Waals surface area (Å²) in [6.07, 6.45) is 5.32. The lowest BCUT2D eigenvalue weighted by Crippen LogP contribution is -2.24. The minimum Gasteiger partial charge on any atom is -0.352 e. The van der Waals surface area contributed by atoms with E-state index in [1.165, 1.54) is 23.3 Å². The van der Waals surface area contributed by atoms with Crippen molar-refractivity contribution in [3.63, 3.8) is 0 Å². The van der Waals surface area contributed by atoms with Crippen molar-refractivity contribution >= 4 is 16.9 Å². The Labute approximate surface area is 174 Å². The molecule has 0 aliphatic rings. The predicted molar refractivity (Wildman–Crippen MR) is 120 cm³/mol. The Morgan fingerprint density at radius 3 is 2.59 bits per heavy atom. The molecule has 154 valence electrons. The molecule has 1 aromatic heterocycles. The van der Waals surface area contributed by atoms with Crippen molar-refractivity contribution in [2.75, 3.05) is 6.54 Å². The van der Waals surface area contributed by atoms with Gasteiger partial charge in [0.05, 0.1) is 11.0 Å². The van der Waals surface area contributed by atoms with Crippen molar-refractivity contribution in [3.8, 4) is 0 Å². The van der Waals surface area contributed by atoms with Crippen LogP contribution in [0.5, 0.6) is 0 Å². The third-order valence-corrected chi connectivity index (χ3v) is 5.60. The number of para-hydroxylation sites is 2. The number of unbranched alkanes of at least 4 members (excludes halogenated alkanes) is 2. The number of amides is 1. The lowest BCUT2D eigenvalue weighted by Gasteiger charge is -2.14. The molecule has 0 spiro atoms. The van der Waals surface area contributed by atoms with Crippen molar-refractivity contribution in [2.45, 2.75) is 59.4 Å². The molecule has 1 heterocycles. The third kappa shape index (κ3) is 5.69. The van der Waals surface area contributed by atoms with E-state index in [4.69, 9.17) is 4.98 Å². The van der Waals surface area contributed by atoms with Gasteiger partial charge in [0.15, 0.2) is 0 Å². The highest BCUT2D eigenvalue weighted by atomic mass is 16.1. The van der Waals surface area contributed by atoms with E-state index < -0.39 is 0 Å². The summed E-state index contributed by atoms with van der Waals surface area (Å²) < 4.78 is 2.41. The fourth-order valence-electron chi connectivity index (χ4n) is 3.55. The van der Waals surface area contributed by atoms with Crippen molar-refractivity contribution in [2.24, 2.45) is 5.92 Å². The molecule has 3 rings (SSSR count). The van der Waals surface area contributed by atoms with Gasteiger partial charge in [0, 0.05) is 25.1 Å². The molecule has 2 aromatic carbocycles. The van der Waals surface area contributed by atoms with E-state index in [2.05, 4.69) is 48.0 Å². The Balaban J connectivity index is 1.48. The fourth-order valence-corrected chi connectivity index (χ4v) is 3.55. The second kappa shape index (κ2) is 10.2. The highest BCUT2D eigenvalue weighted by Gasteiger charge is 2.12. The van der Waals surface area contributed by atoms with Crippen molar-refractivity contribution in [1.29, 1.82) is 0 Å². The Hall–Kier alpha value is -2.62. The highest BCUT2D eigenvalue weighted by Crippen LogP contribution is 2.20. The molecular formula is C25H33N3O. The number of aryl methyl sites for hydroxylation is 2. The maximum atomic E-state index is 12.2. The summed E-state index contributed by atoms with van der Waals surface area (Å²) >= 11 is 0. The van der Waals surface area contributed by atoms with E-state index in [0.717, 1.165) is 49.9 Å². The minimum absolute atomic E-state index is 0.0142. The number of carbonyl (C=O) groups is 1. The first kappa shape index (κ1) is 21.1. The number of aromatic nitrogens is 2. The number of rotatable bonds is 10. The first-order valence-electron chi connectivity index (χ1n) is 10.9. The Bertz CT molecular complexity index is 927. The van der Waals surface area contributed by atoms with Gasteiger partial charge in [-0.15, -0.1) is 0 Å². The lowest BCUT2D eigenvalue weighted by molar-refractivity contribution is 0.0953. The molecule has 0 saturated heterocycles. The van der Waals surface area contributed by atoms with Gasteiger partial charge >= 0.3 is 0 Å². The van der Waals surface area contributed by atoms with Crippen LogP contribution in [0.15, 0.2) is 48.5 Å². The van der Waals surface area contributed by atoms with Gasteiger partial charge < -0.3 is 9.88 Å². The van der Waals surface area contributed by atoms with E-state index in [9.17, 15) is 4.79 Å². The van der Waals surface area contributed by atoms with Crippen LogP contribution >= 0.6 is 0 Å². The van der Waals surface area contributed by atoms with E-state index in [-0.39, 0.29) is 5.91 Å². The van der Waals surface area contributed by atoms with E-state index >= 15 is 0 Å². The molecule has 3 aromatic rings. The molecule has 4 nitrogen and oxygen atoms in total. The van der Waals surface area contributed by atoms with Crippen LogP contribution in [0.2, 0.25) is 0 Å². The smallest absolute Gasteiger partial charge is 0.251 e. The standard InChI is InChI=1S/C25H33N3O/c1-4-19(2)18-28-23-11-8-7-10-22(23)27-24(28)12-6-5-9-17-26-25(29)21-15-13-20(3)14-16-21/h7-8,10-11,13-16,19H,4-6,9,12,17-18H2,1-3H3,(H,26,29). The molecule has 1 N–H and O–H groups in total. The zero-order valence-corrected chi connectivity index (χ0v) is 17.9. The molecule has 4 heteroatoms. The zero-order chi connectivity index (χ0) is 20.6. The fraction of sp³-hybridized carbons (Fsp3) is 0.440. The largest absolute Gasteiger partial charge is 0.352 e. The summed E-state index contributed by atoms with van der Waals surface area (Å²) in [7, 11) is 0. The van der Waals surface area contributed by atoms with Gasteiger partial charge in [0.1, 0.15) is 5.82 Å². The molecule has 1 atom stereocenters. The molecule has 0 saturated carbocycles. The average Bonchev–Trinajstić information content (AvgIpc) is 3.08. The number of imidazole rings is 1. The number of benzene rings is 2. The number of nitrogens with one attached hydrogen (secondary N) is 1. The van der Waals surface area contributed by atoms with Crippen LogP contribution < -0.4 is 5.32 Å². The number of fused-ring (bicyclic) bond motifs is 1. The number of hydrogen-bond donors (Lipinski definition) is 1. The summed E-state index contributed by atoms with van der Waals surface area (Å²) in [6, 6.07) is 16.1. The molecule has 1 amide bonds. The maximum absolute atomic E-state index is 12.2.